The van der Waals surface area contributed by atoms with Crippen molar-refractivity contribution in [2.24, 2.45) is 0 Å². The van der Waals surface area contributed by atoms with E-state index in [1.807, 2.05) is 62.5 Å². The maximum atomic E-state index is 12.1. The van der Waals surface area contributed by atoms with Crippen LogP contribution in [0.1, 0.15) is 24.1 Å². The fourth-order valence-electron chi connectivity index (χ4n) is 2.40. The van der Waals surface area contributed by atoms with E-state index >= 15 is 0 Å². The second-order valence-electron chi connectivity index (χ2n) is 5.50. The molecule has 0 fully saturated rings. The molecule has 0 radical (unpaired) electrons. The molecule has 0 spiro atoms. The van der Waals surface area contributed by atoms with E-state index in [4.69, 9.17) is 0 Å². The normalized spacial score (nSPS) is 13.4. The first-order valence-corrected chi connectivity index (χ1v) is 7.34. The predicted octanol–water partition coefficient (Wildman–Crippen LogP) is 1.58. The van der Waals surface area contributed by atoms with Gasteiger partial charge in [-0.3, -0.25) is 4.79 Å². The van der Waals surface area contributed by atoms with Gasteiger partial charge in [0.1, 0.15) is 6.54 Å². The Balaban J connectivity index is 1.81. The summed E-state index contributed by atoms with van der Waals surface area (Å²) in [6.07, 6.45) is 0. The molecule has 0 heterocycles. The first-order chi connectivity index (χ1) is 10.1. The van der Waals surface area contributed by atoms with Gasteiger partial charge in [0.15, 0.2) is 6.54 Å². The maximum Gasteiger partial charge on any atom is 0.275 e. The lowest BCUT2D eigenvalue weighted by Crippen LogP contribution is -3.08. The minimum absolute atomic E-state index is 0.0447. The largest absolute Gasteiger partial charge is 0.345 e. The SMILES string of the molecule is C[C@H](NC(=O)C[NH+](C)Cc1ccccc1)c1ccccc1. The number of benzene rings is 2. The van der Waals surface area contributed by atoms with E-state index in [-0.39, 0.29) is 11.9 Å². The standard InChI is InChI=1S/C18H22N2O/c1-15(17-11-7-4-8-12-17)19-18(21)14-20(2)13-16-9-5-3-6-10-16/h3-12,15H,13-14H2,1-2H3,(H,19,21)/p+1/t15-/m0/s1. The summed E-state index contributed by atoms with van der Waals surface area (Å²) in [7, 11) is 2.04. The average Bonchev–Trinajstić information content (AvgIpc) is 2.48. The van der Waals surface area contributed by atoms with Crippen LogP contribution in [0.15, 0.2) is 60.7 Å². The van der Waals surface area contributed by atoms with Gasteiger partial charge in [-0.05, 0) is 12.5 Å². The molecule has 3 nitrogen and oxygen atoms in total. The zero-order chi connectivity index (χ0) is 15.1. The third kappa shape index (κ3) is 5.04. The second-order valence-corrected chi connectivity index (χ2v) is 5.50. The van der Waals surface area contributed by atoms with Crippen molar-refractivity contribution < 1.29 is 9.69 Å². The Morgan fingerprint density at radius 3 is 2.24 bits per heavy atom. The number of hydrogen-bond donors (Lipinski definition) is 2. The Bertz CT molecular complexity index is 554. The van der Waals surface area contributed by atoms with Crippen LogP contribution >= 0.6 is 0 Å². The van der Waals surface area contributed by atoms with Gasteiger partial charge in [0.05, 0.1) is 13.1 Å². The van der Waals surface area contributed by atoms with Crippen LogP contribution < -0.4 is 10.2 Å². The molecule has 0 aromatic heterocycles. The molecule has 2 N–H and O–H groups in total. The van der Waals surface area contributed by atoms with Crippen molar-refractivity contribution in [1.29, 1.82) is 0 Å². The van der Waals surface area contributed by atoms with E-state index in [1.165, 1.54) is 10.5 Å². The lowest BCUT2D eigenvalue weighted by Gasteiger charge is -2.17. The second kappa shape index (κ2) is 7.60. The van der Waals surface area contributed by atoms with E-state index in [0.29, 0.717) is 6.54 Å². The van der Waals surface area contributed by atoms with E-state index in [1.54, 1.807) is 0 Å². The van der Waals surface area contributed by atoms with Crippen LogP contribution in [0.4, 0.5) is 0 Å². The van der Waals surface area contributed by atoms with Gasteiger partial charge in [-0.2, -0.15) is 0 Å². The molecule has 110 valence electrons. The Hall–Kier alpha value is -2.13. The van der Waals surface area contributed by atoms with Crippen molar-refractivity contribution in [3.8, 4) is 0 Å². The molecule has 1 amide bonds. The van der Waals surface area contributed by atoms with E-state index in [9.17, 15) is 4.79 Å². The van der Waals surface area contributed by atoms with Crippen LogP contribution in [-0.4, -0.2) is 19.5 Å². The van der Waals surface area contributed by atoms with Gasteiger partial charge in [-0.1, -0.05) is 60.7 Å². The molecule has 2 aromatic rings. The van der Waals surface area contributed by atoms with E-state index < -0.39 is 0 Å². The molecule has 21 heavy (non-hydrogen) atoms. The summed E-state index contributed by atoms with van der Waals surface area (Å²) in [5.74, 6) is 0.0831. The summed E-state index contributed by atoms with van der Waals surface area (Å²) in [6.45, 7) is 3.35. The van der Waals surface area contributed by atoms with Crippen LogP contribution in [0.3, 0.4) is 0 Å². The van der Waals surface area contributed by atoms with Crippen LogP contribution in [0, 0.1) is 0 Å². The molecule has 0 bridgehead atoms. The minimum Gasteiger partial charge on any atom is -0.345 e. The van der Waals surface area contributed by atoms with Crippen molar-refractivity contribution in [2.45, 2.75) is 19.5 Å². The van der Waals surface area contributed by atoms with Gasteiger partial charge in [0.2, 0.25) is 0 Å². The Morgan fingerprint density at radius 2 is 1.62 bits per heavy atom. The average molecular weight is 283 g/mol. The summed E-state index contributed by atoms with van der Waals surface area (Å²) in [5, 5.41) is 3.05. The number of nitrogens with one attached hydrogen (secondary N) is 2. The highest BCUT2D eigenvalue weighted by Crippen LogP contribution is 2.10. The predicted molar refractivity (Wildman–Crippen MR) is 84.9 cm³/mol. The molecule has 1 unspecified atom stereocenters. The monoisotopic (exact) mass is 283 g/mol. The molecular weight excluding hydrogens is 260 g/mol. The Morgan fingerprint density at radius 1 is 1.05 bits per heavy atom. The zero-order valence-corrected chi connectivity index (χ0v) is 12.7. The number of quaternary nitrogens is 1. The van der Waals surface area contributed by atoms with E-state index in [0.717, 1.165) is 12.1 Å². The smallest absolute Gasteiger partial charge is 0.275 e. The molecule has 0 aliphatic carbocycles. The molecule has 3 heteroatoms. The van der Waals surface area contributed by atoms with Crippen LogP contribution in [0.25, 0.3) is 0 Å². The molecule has 2 aromatic carbocycles. The highest BCUT2D eigenvalue weighted by atomic mass is 16.2. The highest BCUT2D eigenvalue weighted by Gasteiger charge is 2.13. The number of hydrogen-bond acceptors (Lipinski definition) is 1. The number of carbonyl (C=O) groups is 1. The van der Waals surface area contributed by atoms with Gasteiger partial charge >= 0.3 is 0 Å². The summed E-state index contributed by atoms with van der Waals surface area (Å²) in [6, 6.07) is 20.3. The van der Waals surface area contributed by atoms with Gasteiger partial charge in [0.25, 0.3) is 5.91 Å². The first-order valence-electron chi connectivity index (χ1n) is 7.34. The third-order valence-corrected chi connectivity index (χ3v) is 3.49. The number of likely N-dealkylation sites (N-methyl/N-ethyl adjacent to an activating group) is 1. The third-order valence-electron chi connectivity index (χ3n) is 3.49. The summed E-state index contributed by atoms with van der Waals surface area (Å²) >= 11 is 0. The van der Waals surface area contributed by atoms with Crippen molar-refractivity contribution in [1.82, 2.24) is 5.32 Å². The minimum atomic E-state index is 0.0447. The quantitative estimate of drug-likeness (QED) is 0.829. The molecule has 0 saturated carbocycles. The molecule has 0 saturated heterocycles. The first kappa shape index (κ1) is 15.3. The molecule has 2 atom stereocenters. The van der Waals surface area contributed by atoms with E-state index in [2.05, 4.69) is 17.4 Å². The van der Waals surface area contributed by atoms with Gasteiger partial charge in [0, 0.05) is 5.56 Å². The fraction of sp³-hybridized carbons (Fsp3) is 0.278. The van der Waals surface area contributed by atoms with Gasteiger partial charge in [-0.25, -0.2) is 0 Å². The van der Waals surface area contributed by atoms with Crippen molar-refractivity contribution in [3.63, 3.8) is 0 Å². The van der Waals surface area contributed by atoms with Crippen LogP contribution in [0.2, 0.25) is 0 Å². The molecule has 2 rings (SSSR count). The lowest BCUT2D eigenvalue weighted by molar-refractivity contribution is -0.885. The number of carbonyl (C=O) groups excluding carboxylic acids is 1. The van der Waals surface area contributed by atoms with Crippen molar-refractivity contribution in [3.05, 3.63) is 71.8 Å². The summed E-state index contributed by atoms with van der Waals surface area (Å²) in [5.41, 5.74) is 2.38. The number of amides is 1. The van der Waals surface area contributed by atoms with Crippen molar-refractivity contribution in [2.75, 3.05) is 13.6 Å². The van der Waals surface area contributed by atoms with Gasteiger partial charge < -0.3 is 10.2 Å². The fourth-order valence-corrected chi connectivity index (χ4v) is 2.40. The Labute approximate surface area is 126 Å². The van der Waals surface area contributed by atoms with Crippen LogP contribution in [-0.2, 0) is 11.3 Å². The lowest BCUT2D eigenvalue weighted by atomic mass is 10.1. The number of rotatable bonds is 6. The summed E-state index contributed by atoms with van der Waals surface area (Å²) < 4.78 is 0. The zero-order valence-electron chi connectivity index (χ0n) is 12.7. The highest BCUT2D eigenvalue weighted by molar-refractivity contribution is 5.77. The molecule has 0 aliphatic rings. The Kier molecular flexibility index (Phi) is 5.52. The van der Waals surface area contributed by atoms with Gasteiger partial charge in [-0.15, -0.1) is 0 Å². The maximum absolute atomic E-state index is 12.1. The summed E-state index contributed by atoms with van der Waals surface area (Å²) in [4.78, 5) is 13.3. The van der Waals surface area contributed by atoms with Crippen LogP contribution in [0.5, 0.6) is 0 Å². The van der Waals surface area contributed by atoms with Crippen molar-refractivity contribution >= 4 is 5.91 Å². The molecular formula is C18H23N2O+. The topological polar surface area (TPSA) is 33.5 Å². The molecule has 0 aliphatic heterocycles.